The maximum Gasteiger partial charge on any atom is 0.395 e. The van der Waals surface area contributed by atoms with Crippen LogP contribution in [0.1, 0.15) is 6.23 Å². The predicted octanol–water partition coefficient (Wildman–Crippen LogP) is -2.76. The van der Waals surface area contributed by atoms with Gasteiger partial charge in [-0.2, -0.15) is 0 Å². The van der Waals surface area contributed by atoms with Crippen molar-refractivity contribution >= 4 is 18.5 Å². The van der Waals surface area contributed by atoms with Crippen LogP contribution in [-0.4, -0.2) is 54.3 Å². The highest BCUT2D eigenvalue weighted by atomic mass is 32.5. The summed E-state index contributed by atoms with van der Waals surface area (Å²) in [5, 5.41) is 18.5. The zero-order chi connectivity index (χ0) is 16.7. The fourth-order valence-electron chi connectivity index (χ4n) is 1.93. The van der Waals surface area contributed by atoms with E-state index in [0.29, 0.717) is 4.57 Å². The van der Waals surface area contributed by atoms with Crippen molar-refractivity contribution in [3.63, 3.8) is 0 Å². The van der Waals surface area contributed by atoms with Gasteiger partial charge < -0.3 is 29.4 Å². The summed E-state index contributed by atoms with van der Waals surface area (Å²) < 4.78 is 23.8. The Morgan fingerprint density at radius 3 is 2.59 bits per heavy atom. The molecule has 0 saturated carbocycles. The summed E-state index contributed by atoms with van der Waals surface area (Å²) in [5.74, 6) is 0. The van der Waals surface area contributed by atoms with E-state index in [1.54, 1.807) is 0 Å². The Bertz CT molecular complexity index is 716. The van der Waals surface area contributed by atoms with Crippen LogP contribution in [0.15, 0.2) is 21.9 Å². The molecule has 1 aliphatic rings. The Morgan fingerprint density at radius 1 is 1.45 bits per heavy atom. The van der Waals surface area contributed by atoms with Crippen LogP contribution in [0.4, 0.5) is 4.39 Å². The van der Waals surface area contributed by atoms with E-state index in [1.807, 2.05) is 0 Å². The smallest absolute Gasteiger partial charge is 0.394 e. The van der Waals surface area contributed by atoms with Gasteiger partial charge in [0.1, 0.15) is 12.2 Å². The molecule has 1 aromatic heterocycles. The Labute approximate surface area is 126 Å². The molecule has 1 aromatic rings. The number of hydrogen-bond donors (Lipinski definition) is 4. The first-order valence-corrected chi connectivity index (χ1v) is 8.46. The number of rotatable bonds is 4. The summed E-state index contributed by atoms with van der Waals surface area (Å²) in [5.41, 5.74) is -2.35. The van der Waals surface area contributed by atoms with Gasteiger partial charge >= 0.3 is 12.4 Å². The first-order chi connectivity index (χ1) is 10.2. The van der Waals surface area contributed by atoms with Crippen molar-refractivity contribution in [2.24, 2.45) is 0 Å². The summed E-state index contributed by atoms with van der Waals surface area (Å²) >= 11 is 4.16. The molecule has 2 heterocycles. The molecular weight excluding hydrogens is 346 g/mol. The largest absolute Gasteiger partial charge is 0.395 e. The molecule has 1 aliphatic heterocycles. The van der Waals surface area contributed by atoms with E-state index >= 15 is 0 Å². The quantitative estimate of drug-likeness (QED) is 0.421. The third-order valence-electron chi connectivity index (χ3n) is 2.91. The Morgan fingerprint density at radius 2 is 2.09 bits per heavy atom. The van der Waals surface area contributed by atoms with E-state index in [-0.39, 0.29) is 4.73 Å². The third-order valence-corrected chi connectivity index (χ3v) is 3.48. The highest BCUT2D eigenvalue weighted by Gasteiger charge is 2.45. The Balaban J connectivity index is 2.46. The topological polar surface area (TPSA) is 143 Å². The summed E-state index contributed by atoms with van der Waals surface area (Å²) in [4.78, 5) is 41.6. The molecule has 124 valence electrons. The maximum absolute atomic E-state index is 14.0. The van der Waals surface area contributed by atoms with Gasteiger partial charge in [-0.25, -0.2) is 9.18 Å². The van der Waals surface area contributed by atoms with Gasteiger partial charge in [0.25, 0.3) is 5.56 Å². The van der Waals surface area contributed by atoms with E-state index in [9.17, 15) is 19.1 Å². The van der Waals surface area contributed by atoms with Gasteiger partial charge in [-0.05, 0) is 0 Å². The normalized spacial score (nSPS) is 28.8. The van der Waals surface area contributed by atoms with E-state index in [2.05, 4.69) is 16.4 Å². The predicted molar refractivity (Wildman–Crippen MR) is 72.2 cm³/mol. The number of hydrogen-bond acceptors (Lipinski definition) is 7. The van der Waals surface area contributed by atoms with Crippen molar-refractivity contribution in [2.75, 3.05) is 6.61 Å². The van der Waals surface area contributed by atoms with Crippen molar-refractivity contribution in [3.8, 4) is 0 Å². The number of aliphatic hydroxyl groups is 2. The van der Waals surface area contributed by atoms with Crippen LogP contribution < -0.4 is 15.9 Å². The molecule has 0 unspecified atom stereocenters. The van der Waals surface area contributed by atoms with Gasteiger partial charge in [0.2, 0.25) is 0 Å². The minimum absolute atomic E-state index is 0.0461. The second-order valence-electron chi connectivity index (χ2n) is 4.39. The number of ether oxygens (including phenoxy) is 1. The standard InChI is InChI=1S/C9H12FN2O8PS/c10-6-7(15)4(3-13)19-8(6)11-2-1-5(14)12(9(11)16)20-21(17,18)22/h1-2,4,6-8,13,15H,3H2,(H2,17,18,22)/t4-,6-,7-,8-/m1/s1. The molecule has 0 bridgehead atoms. The first kappa shape index (κ1) is 17.2. The molecular formula is C9H12FN2O8PS. The third kappa shape index (κ3) is 3.27. The van der Waals surface area contributed by atoms with Gasteiger partial charge in [-0.15, -0.1) is 0 Å². The second kappa shape index (κ2) is 6.16. The van der Waals surface area contributed by atoms with E-state index in [0.717, 1.165) is 12.3 Å². The van der Waals surface area contributed by atoms with E-state index < -0.39 is 49.2 Å². The fourth-order valence-corrected chi connectivity index (χ4v) is 2.49. The average molecular weight is 358 g/mol. The number of halogens is 1. The van der Waals surface area contributed by atoms with Gasteiger partial charge in [0.15, 0.2) is 12.4 Å². The highest BCUT2D eigenvalue weighted by molar-refractivity contribution is 8.06. The monoisotopic (exact) mass is 358 g/mol. The first-order valence-electron chi connectivity index (χ1n) is 5.84. The maximum atomic E-state index is 14.0. The lowest BCUT2D eigenvalue weighted by atomic mass is 10.1. The number of aliphatic hydroxyl groups excluding tert-OH is 2. The molecule has 1 fully saturated rings. The molecule has 0 radical (unpaired) electrons. The lowest BCUT2D eigenvalue weighted by Crippen LogP contribution is -2.44. The zero-order valence-electron chi connectivity index (χ0n) is 10.7. The van der Waals surface area contributed by atoms with Crippen molar-refractivity contribution in [3.05, 3.63) is 33.1 Å². The van der Waals surface area contributed by atoms with Crippen LogP contribution in [0.2, 0.25) is 0 Å². The molecule has 22 heavy (non-hydrogen) atoms. The summed E-state index contributed by atoms with van der Waals surface area (Å²) in [6.45, 7) is -5.06. The van der Waals surface area contributed by atoms with Crippen LogP contribution in [-0.2, 0) is 16.5 Å². The van der Waals surface area contributed by atoms with Gasteiger partial charge in [0.05, 0.1) is 6.61 Å². The number of aromatic nitrogens is 2. The minimum atomic E-state index is -4.38. The highest BCUT2D eigenvalue weighted by Crippen LogP contribution is 2.32. The molecule has 1 saturated heterocycles. The molecule has 4 N–H and O–H groups in total. The van der Waals surface area contributed by atoms with Crippen molar-refractivity contribution < 1.29 is 33.8 Å². The molecule has 10 nitrogen and oxygen atoms in total. The zero-order valence-corrected chi connectivity index (χ0v) is 12.4. The SMILES string of the molecule is O=c1ccn([C@@H]2O[C@H](CO)[C@@H](O)[C@H]2F)c(=O)n1OP(O)(O)=S. The number of alkyl halides is 1. The van der Waals surface area contributed by atoms with E-state index in [1.165, 1.54) is 0 Å². The van der Waals surface area contributed by atoms with Gasteiger partial charge in [0, 0.05) is 24.1 Å². The second-order valence-corrected chi connectivity index (χ2v) is 6.96. The van der Waals surface area contributed by atoms with Crippen LogP contribution >= 0.6 is 6.72 Å². The number of nitrogens with zero attached hydrogens (tertiary/aromatic N) is 2. The summed E-state index contributed by atoms with van der Waals surface area (Å²) in [6, 6.07) is 0.779. The average Bonchev–Trinajstić information content (AvgIpc) is 2.70. The van der Waals surface area contributed by atoms with E-state index in [4.69, 9.17) is 19.6 Å². The summed E-state index contributed by atoms with van der Waals surface area (Å²) in [6.07, 6.45) is -5.75. The molecule has 0 aromatic carbocycles. The molecule has 0 amide bonds. The van der Waals surface area contributed by atoms with Crippen molar-refractivity contribution in [1.29, 1.82) is 0 Å². The van der Waals surface area contributed by atoms with Crippen LogP contribution in [0, 0.1) is 0 Å². The Hall–Kier alpha value is -1.14. The molecule has 13 heteroatoms. The van der Waals surface area contributed by atoms with Crippen LogP contribution in [0.25, 0.3) is 0 Å². The molecule has 4 atom stereocenters. The lowest BCUT2D eigenvalue weighted by Gasteiger charge is -2.18. The minimum Gasteiger partial charge on any atom is -0.394 e. The fraction of sp³-hybridized carbons (Fsp3) is 0.556. The lowest BCUT2D eigenvalue weighted by molar-refractivity contribution is -0.0508. The van der Waals surface area contributed by atoms with Crippen molar-refractivity contribution in [2.45, 2.75) is 24.6 Å². The molecule has 0 spiro atoms. The molecule has 0 aliphatic carbocycles. The Kier molecular flexibility index (Phi) is 4.82. The van der Waals surface area contributed by atoms with Gasteiger partial charge in [-0.1, -0.05) is 4.73 Å². The van der Waals surface area contributed by atoms with Crippen LogP contribution in [0.3, 0.4) is 0 Å². The molecule has 2 rings (SSSR count). The summed E-state index contributed by atoms with van der Waals surface area (Å²) in [7, 11) is 0. The van der Waals surface area contributed by atoms with Crippen LogP contribution in [0.5, 0.6) is 0 Å². The van der Waals surface area contributed by atoms with Gasteiger partial charge in [-0.3, -0.25) is 9.36 Å². The van der Waals surface area contributed by atoms with Crippen molar-refractivity contribution in [1.82, 2.24) is 9.30 Å².